The van der Waals surface area contributed by atoms with Crippen LogP contribution in [0.1, 0.15) is 0 Å². The molecule has 1 rings (SSSR count). The maximum atomic E-state index is 11.2. The first-order valence-electron chi connectivity index (χ1n) is 4.18. The smallest absolute Gasteiger partial charge is 0.248 e. The predicted molar refractivity (Wildman–Crippen MR) is 48.2 cm³/mol. The Morgan fingerprint density at radius 2 is 2.33 bits per heavy atom. The van der Waals surface area contributed by atoms with E-state index in [1.54, 1.807) is 0 Å². The minimum absolute atomic E-state index is 0.0223. The molecule has 0 fully saturated rings. The number of primary amides is 1. The van der Waals surface area contributed by atoms with Crippen LogP contribution in [0.2, 0.25) is 0 Å². The summed E-state index contributed by atoms with van der Waals surface area (Å²) in [7, 11) is 0. The van der Waals surface area contributed by atoms with Crippen molar-refractivity contribution in [3.05, 3.63) is 12.4 Å². The number of aliphatic hydroxyl groups excluding tert-OH is 1. The Labute approximate surface area is 85.1 Å². The van der Waals surface area contributed by atoms with Crippen molar-refractivity contribution in [3.8, 4) is 0 Å². The molecule has 82 valence electrons. The minimum Gasteiger partial charge on any atom is -0.381 e. The van der Waals surface area contributed by atoms with Crippen LogP contribution in [0.5, 0.6) is 0 Å². The van der Waals surface area contributed by atoms with Gasteiger partial charge < -0.3 is 16.2 Å². The van der Waals surface area contributed by atoms with Gasteiger partial charge in [-0.05, 0) is 0 Å². The maximum absolute atomic E-state index is 11.2. The number of carbonyl (C=O) groups is 2. The van der Waals surface area contributed by atoms with Crippen LogP contribution in [0.4, 0.5) is 0 Å². The number of nitrogens with two attached hydrogens (primary N) is 1. The summed E-state index contributed by atoms with van der Waals surface area (Å²) in [5, 5.41) is 18.4. The molecule has 8 heteroatoms. The Bertz CT molecular complexity index is 336. The van der Waals surface area contributed by atoms with E-state index in [2.05, 4.69) is 15.6 Å². The van der Waals surface area contributed by atoms with Crippen LogP contribution in [-0.4, -0.2) is 44.6 Å². The number of rotatable bonds is 5. The van der Waals surface area contributed by atoms with E-state index in [-0.39, 0.29) is 19.0 Å². The van der Waals surface area contributed by atoms with E-state index in [0.717, 1.165) is 0 Å². The highest BCUT2D eigenvalue weighted by molar-refractivity contribution is 5.80. The molecule has 2 amide bonds. The molecule has 0 aliphatic carbocycles. The number of nitrogens with one attached hydrogen (secondary N) is 1. The molecule has 0 spiro atoms. The Morgan fingerprint density at radius 1 is 1.60 bits per heavy atom. The fourth-order valence-corrected chi connectivity index (χ4v) is 0.831. The van der Waals surface area contributed by atoms with Gasteiger partial charge in [-0.3, -0.25) is 9.59 Å². The molecule has 4 N–H and O–H groups in total. The number of carbonyl (C=O) groups excluding carboxylic acids is 2. The lowest BCUT2D eigenvalue weighted by atomic mass is 10.3. The van der Waals surface area contributed by atoms with Gasteiger partial charge in [-0.25, -0.2) is 4.68 Å². The molecule has 0 aliphatic rings. The number of amides is 2. The van der Waals surface area contributed by atoms with Crippen molar-refractivity contribution in [2.75, 3.05) is 6.54 Å². The Balaban J connectivity index is 2.28. The molecule has 0 radical (unpaired) electrons. The molecule has 1 heterocycles. The second kappa shape index (κ2) is 5.05. The number of aliphatic hydroxyl groups is 1. The van der Waals surface area contributed by atoms with Crippen molar-refractivity contribution in [3.63, 3.8) is 0 Å². The van der Waals surface area contributed by atoms with E-state index in [1.165, 1.54) is 17.1 Å². The van der Waals surface area contributed by atoms with Crippen LogP contribution in [0, 0.1) is 0 Å². The second-order valence-electron chi connectivity index (χ2n) is 2.82. The van der Waals surface area contributed by atoms with Crippen LogP contribution in [0.25, 0.3) is 0 Å². The SMILES string of the molecule is NC(=O)C(O)CNC(=O)Cn1ccnn1. The van der Waals surface area contributed by atoms with Gasteiger partial charge in [-0.1, -0.05) is 5.21 Å². The van der Waals surface area contributed by atoms with Gasteiger partial charge >= 0.3 is 0 Å². The van der Waals surface area contributed by atoms with Gasteiger partial charge in [0.05, 0.1) is 12.7 Å². The topological polar surface area (TPSA) is 123 Å². The average molecular weight is 213 g/mol. The van der Waals surface area contributed by atoms with Crippen LogP contribution in [0.3, 0.4) is 0 Å². The van der Waals surface area contributed by atoms with Crippen LogP contribution in [-0.2, 0) is 16.1 Å². The third-order valence-corrected chi connectivity index (χ3v) is 1.60. The summed E-state index contributed by atoms with van der Waals surface area (Å²) in [5.74, 6) is -1.27. The van der Waals surface area contributed by atoms with Gasteiger partial charge in [0.25, 0.3) is 0 Å². The molecule has 1 aromatic heterocycles. The highest BCUT2D eigenvalue weighted by atomic mass is 16.3. The predicted octanol–water partition coefficient (Wildman–Crippen LogP) is -2.76. The summed E-state index contributed by atoms with van der Waals surface area (Å²) in [5.41, 5.74) is 4.79. The first-order valence-corrected chi connectivity index (χ1v) is 4.18. The van der Waals surface area contributed by atoms with Crippen molar-refractivity contribution < 1.29 is 14.7 Å². The number of hydrogen-bond donors (Lipinski definition) is 3. The zero-order valence-electron chi connectivity index (χ0n) is 7.83. The van der Waals surface area contributed by atoms with Crippen molar-refractivity contribution >= 4 is 11.8 Å². The first kappa shape index (κ1) is 11.1. The molecular formula is C7H11N5O3. The van der Waals surface area contributed by atoms with Crippen molar-refractivity contribution in [2.24, 2.45) is 5.73 Å². The molecular weight excluding hydrogens is 202 g/mol. The molecule has 0 saturated carbocycles. The van der Waals surface area contributed by atoms with Gasteiger partial charge in [0.1, 0.15) is 12.6 Å². The largest absolute Gasteiger partial charge is 0.381 e. The summed E-state index contributed by atoms with van der Waals surface area (Å²) < 4.78 is 1.31. The fourth-order valence-electron chi connectivity index (χ4n) is 0.831. The third kappa shape index (κ3) is 3.73. The molecule has 8 nitrogen and oxygen atoms in total. The fraction of sp³-hybridized carbons (Fsp3) is 0.429. The maximum Gasteiger partial charge on any atom is 0.248 e. The van der Waals surface area contributed by atoms with Gasteiger partial charge in [-0.15, -0.1) is 5.10 Å². The third-order valence-electron chi connectivity index (χ3n) is 1.60. The van der Waals surface area contributed by atoms with Crippen molar-refractivity contribution in [1.29, 1.82) is 0 Å². The number of aromatic nitrogens is 3. The molecule has 0 aromatic carbocycles. The standard InChI is InChI=1S/C7H11N5O3/c8-7(15)5(13)3-9-6(14)4-12-2-1-10-11-12/h1-2,5,13H,3-4H2,(H2,8,15)(H,9,14). The van der Waals surface area contributed by atoms with E-state index < -0.39 is 12.0 Å². The Hall–Kier alpha value is -1.96. The lowest BCUT2D eigenvalue weighted by molar-refractivity contribution is -0.127. The molecule has 0 saturated heterocycles. The zero-order chi connectivity index (χ0) is 11.3. The number of nitrogens with zero attached hydrogens (tertiary/aromatic N) is 3. The Morgan fingerprint density at radius 3 is 2.87 bits per heavy atom. The van der Waals surface area contributed by atoms with E-state index in [1.807, 2.05) is 0 Å². The van der Waals surface area contributed by atoms with Crippen LogP contribution in [0.15, 0.2) is 12.4 Å². The van der Waals surface area contributed by atoms with E-state index in [0.29, 0.717) is 0 Å². The summed E-state index contributed by atoms with van der Waals surface area (Å²) >= 11 is 0. The highest BCUT2D eigenvalue weighted by Crippen LogP contribution is 1.82. The normalized spacial score (nSPS) is 12.1. The monoisotopic (exact) mass is 213 g/mol. The summed E-state index contributed by atoms with van der Waals surface area (Å²) in [6.45, 7) is -0.228. The van der Waals surface area contributed by atoms with E-state index in [9.17, 15) is 9.59 Å². The van der Waals surface area contributed by atoms with Gasteiger partial charge in [0.15, 0.2) is 0 Å². The van der Waals surface area contributed by atoms with E-state index in [4.69, 9.17) is 10.8 Å². The molecule has 1 atom stereocenters. The Kier molecular flexibility index (Phi) is 3.75. The summed E-state index contributed by atoms with van der Waals surface area (Å²) in [6.07, 6.45) is 1.58. The van der Waals surface area contributed by atoms with Gasteiger partial charge in [-0.2, -0.15) is 0 Å². The lowest BCUT2D eigenvalue weighted by Crippen LogP contribution is -2.41. The summed E-state index contributed by atoms with van der Waals surface area (Å²) in [4.78, 5) is 21.6. The van der Waals surface area contributed by atoms with Gasteiger partial charge in [0.2, 0.25) is 11.8 Å². The average Bonchev–Trinajstić information content (AvgIpc) is 2.66. The van der Waals surface area contributed by atoms with Crippen molar-refractivity contribution in [2.45, 2.75) is 12.6 Å². The highest BCUT2D eigenvalue weighted by Gasteiger charge is 2.12. The molecule has 15 heavy (non-hydrogen) atoms. The number of hydrogen-bond acceptors (Lipinski definition) is 5. The quantitative estimate of drug-likeness (QED) is 0.489. The van der Waals surface area contributed by atoms with Crippen LogP contribution >= 0.6 is 0 Å². The summed E-state index contributed by atoms with van der Waals surface area (Å²) in [6, 6.07) is 0. The molecule has 0 bridgehead atoms. The van der Waals surface area contributed by atoms with Crippen molar-refractivity contribution in [1.82, 2.24) is 20.3 Å². The van der Waals surface area contributed by atoms with Crippen LogP contribution < -0.4 is 11.1 Å². The molecule has 1 unspecified atom stereocenters. The minimum atomic E-state index is -1.37. The van der Waals surface area contributed by atoms with E-state index >= 15 is 0 Å². The van der Waals surface area contributed by atoms with Gasteiger partial charge in [0, 0.05) is 6.20 Å². The first-order chi connectivity index (χ1) is 7.09. The molecule has 1 aromatic rings. The lowest BCUT2D eigenvalue weighted by Gasteiger charge is -2.07. The zero-order valence-corrected chi connectivity index (χ0v) is 7.83. The second-order valence-corrected chi connectivity index (χ2v) is 2.82. The molecule has 0 aliphatic heterocycles.